The first-order chi connectivity index (χ1) is 12.5. The molecule has 0 fully saturated rings. The fourth-order valence-electron chi connectivity index (χ4n) is 2.85. The van der Waals surface area contributed by atoms with E-state index in [1.807, 2.05) is 57.2 Å². The number of aromatic amines is 1. The van der Waals surface area contributed by atoms with Crippen molar-refractivity contribution in [3.63, 3.8) is 0 Å². The number of aromatic nitrogens is 1. The number of hydrogen-bond donors (Lipinski definition) is 2. The van der Waals surface area contributed by atoms with Crippen molar-refractivity contribution < 1.29 is 14.3 Å². The Labute approximate surface area is 152 Å². The molecule has 1 aromatic heterocycles. The molecule has 3 rings (SSSR count). The second-order valence-corrected chi connectivity index (χ2v) is 6.46. The smallest absolute Gasteiger partial charge is 0.340 e. The van der Waals surface area contributed by atoms with Crippen LogP contribution in [0.1, 0.15) is 40.0 Å². The van der Waals surface area contributed by atoms with E-state index >= 15 is 0 Å². The molecule has 1 heterocycles. The summed E-state index contributed by atoms with van der Waals surface area (Å²) in [6.07, 6.45) is 1.60. The lowest BCUT2D eigenvalue weighted by atomic mass is 10.0. The second kappa shape index (κ2) is 7.44. The van der Waals surface area contributed by atoms with E-state index in [2.05, 4.69) is 16.4 Å². The molecule has 0 aliphatic heterocycles. The molecule has 0 aliphatic rings. The Hall–Kier alpha value is -3.08. The van der Waals surface area contributed by atoms with Crippen molar-refractivity contribution in [2.75, 3.05) is 6.61 Å². The number of rotatable bonds is 5. The first-order valence-electron chi connectivity index (χ1n) is 8.55. The molecular formula is C21H22N2O3. The Morgan fingerprint density at radius 3 is 2.65 bits per heavy atom. The number of fused-ring (bicyclic) bond motifs is 1. The van der Waals surface area contributed by atoms with Crippen LogP contribution in [0.25, 0.3) is 10.9 Å². The van der Waals surface area contributed by atoms with Crippen LogP contribution < -0.4 is 5.32 Å². The molecule has 134 valence electrons. The van der Waals surface area contributed by atoms with Crippen molar-refractivity contribution >= 4 is 22.8 Å². The van der Waals surface area contributed by atoms with Crippen LogP contribution in [-0.4, -0.2) is 23.5 Å². The highest BCUT2D eigenvalue weighted by molar-refractivity contribution is 6.04. The highest BCUT2D eigenvalue weighted by atomic mass is 16.5. The fraction of sp³-hybridized carbons (Fsp3) is 0.238. The molecule has 0 bridgehead atoms. The van der Waals surface area contributed by atoms with Gasteiger partial charge in [0, 0.05) is 17.1 Å². The van der Waals surface area contributed by atoms with E-state index in [0.29, 0.717) is 5.56 Å². The molecule has 1 amide bonds. The van der Waals surface area contributed by atoms with Crippen LogP contribution in [0.15, 0.2) is 48.7 Å². The van der Waals surface area contributed by atoms with E-state index in [-0.39, 0.29) is 18.6 Å². The molecule has 26 heavy (non-hydrogen) atoms. The van der Waals surface area contributed by atoms with Crippen LogP contribution in [0.5, 0.6) is 0 Å². The summed E-state index contributed by atoms with van der Waals surface area (Å²) in [6.45, 7) is 5.68. The van der Waals surface area contributed by atoms with Crippen molar-refractivity contribution in [2.24, 2.45) is 0 Å². The Balaban J connectivity index is 1.58. The molecule has 5 nitrogen and oxygen atoms in total. The molecule has 0 saturated carbocycles. The van der Waals surface area contributed by atoms with Gasteiger partial charge in [0.2, 0.25) is 0 Å². The standard InChI is InChI=1S/C21H22N2O3/c1-13-8-9-16(10-14(13)2)15(3)23-20(24)12-26-21(25)18-11-22-19-7-5-4-6-17(18)19/h4-11,15,22H,12H2,1-3H3,(H,23,24)/t15-/m1/s1. The maximum atomic E-state index is 12.2. The van der Waals surface area contributed by atoms with E-state index in [9.17, 15) is 9.59 Å². The van der Waals surface area contributed by atoms with Gasteiger partial charge in [-0.2, -0.15) is 0 Å². The fourth-order valence-corrected chi connectivity index (χ4v) is 2.85. The summed E-state index contributed by atoms with van der Waals surface area (Å²) in [5.74, 6) is -0.847. The van der Waals surface area contributed by atoms with Crippen LogP contribution in [0.4, 0.5) is 0 Å². The van der Waals surface area contributed by atoms with E-state index in [0.717, 1.165) is 16.5 Å². The van der Waals surface area contributed by atoms with Gasteiger partial charge in [-0.3, -0.25) is 4.79 Å². The van der Waals surface area contributed by atoms with E-state index in [4.69, 9.17) is 4.74 Å². The average Bonchev–Trinajstić information content (AvgIpc) is 3.06. The van der Waals surface area contributed by atoms with E-state index < -0.39 is 5.97 Å². The number of para-hydroxylation sites is 1. The van der Waals surface area contributed by atoms with Crippen molar-refractivity contribution in [1.82, 2.24) is 10.3 Å². The zero-order chi connectivity index (χ0) is 18.7. The number of benzene rings is 2. The molecule has 0 saturated heterocycles. The zero-order valence-electron chi connectivity index (χ0n) is 15.1. The molecule has 5 heteroatoms. The topological polar surface area (TPSA) is 71.2 Å². The SMILES string of the molecule is Cc1ccc([C@@H](C)NC(=O)COC(=O)c2c[nH]c3ccccc23)cc1C. The minimum absolute atomic E-state index is 0.159. The Kier molecular flexibility index (Phi) is 5.07. The molecule has 2 N–H and O–H groups in total. The number of hydrogen-bond acceptors (Lipinski definition) is 3. The maximum absolute atomic E-state index is 12.2. The maximum Gasteiger partial charge on any atom is 0.340 e. The van der Waals surface area contributed by atoms with Gasteiger partial charge in [0.05, 0.1) is 11.6 Å². The van der Waals surface area contributed by atoms with Gasteiger partial charge in [0.1, 0.15) is 0 Å². The summed E-state index contributed by atoms with van der Waals surface area (Å²) < 4.78 is 5.16. The van der Waals surface area contributed by atoms with Crippen LogP contribution in [-0.2, 0) is 9.53 Å². The van der Waals surface area contributed by atoms with Gasteiger partial charge in [-0.15, -0.1) is 0 Å². The third-order valence-corrected chi connectivity index (χ3v) is 4.55. The quantitative estimate of drug-likeness (QED) is 0.687. The summed E-state index contributed by atoms with van der Waals surface area (Å²) in [6, 6.07) is 13.4. The van der Waals surface area contributed by atoms with Gasteiger partial charge >= 0.3 is 5.97 Å². The van der Waals surface area contributed by atoms with Gasteiger partial charge in [0.15, 0.2) is 6.61 Å². The van der Waals surface area contributed by atoms with E-state index in [1.165, 1.54) is 11.1 Å². The molecule has 1 atom stereocenters. The molecule has 0 spiro atoms. The summed E-state index contributed by atoms with van der Waals surface area (Å²) in [5, 5.41) is 3.64. The molecule has 0 unspecified atom stereocenters. The van der Waals surface area contributed by atoms with Crippen molar-refractivity contribution in [3.05, 3.63) is 70.9 Å². The first kappa shape index (κ1) is 17.7. The first-order valence-corrected chi connectivity index (χ1v) is 8.55. The lowest BCUT2D eigenvalue weighted by Crippen LogP contribution is -2.31. The molecule has 3 aromatic rings. The van der Waals surface area contributed by atoms with Crippen LogP contribution in [0.2, 0.25) is 0 Å². The van der Waals surface area contributed by atoms with Crippen molar-refractivity contribution in [2.45, 2.75) is 26.8 Å². The summed E-state index contributed by atoms with van der Waals surface area (Å²) >= 11 is 0. The van der Waals surface area contributed by atoms with Crippen molar-refractivity contribution in [1.29, 1.82) is 0 Å². The zero-order valence-corrected chi connectivity index (χ0v) is 15.1. The average molecular weight is 350 g/mol. The number of nitrogens with one attached hydrogen (secondary N) is 2. The van der Waals surface area contributed by atoms with Gasteiger partial charge < -0.3 is 15.0 Å². The Bertz CT molecular complexity index is 959. The lowest BCUT2D eigenvalue weighted by molar-refractivity contribution is -0.124. The Morgan fingerprint density at radius 1 is 1.12 bits per heavy atom. The number of amides is 1. The molecular weight excluding hydrogens is 328 g/mol. The summed E-state index contributed by atoms with van der Waals surface area (Å²) in [5.41, 5.74) is 4.68. The predicted octanol–water partition coefficient (Wildman–Crippen LogP) is 3.82. The largest absolute Gasteiger partial charge is 0.452 e. The summed E-state index contributed by atoms with van der Waals surface area (Å²) in [7, 11) is 0. The number of esters is 1. The lowest BCUT2D eigenvalue weighted by Gasteiger charge is -2.15. The second-order valence-electron chi connectivity index (χ2n) is 6.46. The van der Waals surface area contributed by atoms with Crippen LogP contribution >= 0.6 is 0 Å². The number of ether oxygens (including phenoxy) is 1. The third-order valence-electron chi connectivity index (χ3n) is 4.55. The van der Waals surface area contributed by atoms with Gasteiger partial charge in [-0.25, -0.2) is 4.79 Å². The minimum Gasteiger partial charge on any atom is -0.452 e. The third kappa shape index (κ3) is 3.77. The number of carbonyl (C=O) groups is 2. The van der Waals surface area contributed by atoms with Gasteiger partial charge in [-0.1, -0.05) is 36.4 Å². The molecule has 0 radical (unpaired) electrons. The monoisotopic (exact) mass is 350 g/mol. The Morgan fingerprint density at radius 2 is 1.88 bits per heavy atom. The summed E-state index contributed by atoms with van der Waals surface area (Å²) in [4.78, 5) is 27.4. The van der Waals surface area contributed by atoms with Crippen LogP contribution in [0, 0.1) is 13.8 Å². The predicted molar refractivity (Wildman–Crippen MR) is 101 cm³/mol. The normalized spacial score (nSPS) is 12.0. The van der Waals surface area contributed by atoms with Crippen LogP contribution in [0.3, 0.4) is 0 Å². The number of H-pyrrole nitrogens is 1. The number of aryl methyl sites for hydroxylation is 2. The highest BCUT2D eigenvalue weighted by Gasteiger charge is 2.16. The van der Waals surface area contributed by atoms with Gasteiger partial charge in [-0.05, 0) is 43.5 Å². The molecule has 2 aromatic carbocycles. The minimum atomic E-state index is -0.517. The van der Waals surface area contributed by atoms with E-state index in [1.54, 1.807) is 6.20 Å². The van der Waals surface area contributed by atoms with Crippen molar-refractivity contribution in [3.8, 4) is 0 Å². The highest BCUT2D eigenvalue weighted by Crippen LogP contribution is 2.19. The number of carbonyl (C=O) groups excluding carboxylic acids is 2. The molecule has 0 aliphatic carbocycles. The van der Waals surface area contributed by atoms with Gasteiger partial charge in [0.25, 0.3) is 5.91 Å².